The lowest BCUT2D eigenvalue weighted by Crippen LogP contribution is -2.20. The van der Waals surface area contributed by atoms with Gasteiger partial charge >= 0.3 is 0 Å². The smallest absolute Gasteiger partial charge is 0.170 e. The van der Waals surface area contributed by atoms with Crippen LogP contribution in [0.3, 0.4) is 0 Å². The molecule has 0 aromatic heterocycles. The highest BCUT2D eigenvalue weighted by molar-refractivity contribution is 6.00. The summed E-state index contributed by atoms with van der Waals surface area (Å²) < 4.78 is 5.81. The zero-order valence-electron chi connectivity index (χ0n) is 10.3. The minimum absolute atomic E-state index is 0.0324. The molecule has 2 aromatic carbocycles. The van der Waals surface area contributed by atoms with E-state index in [1.54, 1.807) is 6.07 Å². The molecule has 1 unspecified atom stereocenters. The molecule has 1 heterocycles. The van der Waals surface area contributed by atoms with Gasteiger partial charge in [-0.05, 0) is 30.2 Å². The molecule has 19 heavy (non-hydrogen) atoms. The number of hydrogen-bond donors (Lipinski definition) is 1. The molecule has 0 spiro atoms. The van der Waals surface area contributed by atoms with Crippen molar-refractivity contribution in [1.82, 2.24) is 0 Å². The highest BCUT2D eigenvalue weighted by Crippen LogP contribution is 2.36. The van der Waals surface area contributed by atoms with Gasteiger partial charge in [0, 0.05) is 6.07 Å². The summed E-state index contributed by atoms with van der Waals surface area (Å²) in [7, 11) is 0. The topological polar surface area (TPSA) is 46.5 Å². The lowest BCUT2D eigenvalue weighted by molar-refractivity contribution is 0.0849. The second kappa shape index (κ2) is 4.43. The lowest BCUT2D eigenvalue weighted by atomic mass is 9.96. The molecule has 3 rings (SSSR count). The van der Waals surface area contributed by atoms with Gasteiger partial charge < -0.3 is 9.84 Å². The van der Waals surface area contributed by atoms with Gasteiger partial charge in [-0.25, -0.2) is 0 Å². The van der Waals surface area contributed by atoms with Crippen LogP contribution in [0.1, 0.15) is 34.0 Å². The Morgan fingerprint density at radius 3 is 2.63 bits per heavy atom. The molecule has 0 amide bonds. The number of carbonyl (C=O) groups is 1. The third-order valence-corrected chi connectivity index (χ3v) is 3.26. The van der Waals surface area contributed by atoms with Gasteiger partial charge in [0.05, 0.1) is 12.0 Å². The molecule has 3 nitrogen and oxygen atoms in total. The van der Waals surface area contributed by atoms with E-state index in [9.17, 15) is 9.90 Å². The summed E-state index contributed by atoms with van der Waals surface area (Å²) in [4.78, 5) is 12.1. The van der Waals surface area contributed by atoms with Crippen molar-refractivity contribution >= 4 is 5.78 Å². The minimum Gasteiger partial charge on any atom is -0.508 e. The van der Waals surface area contributed by atoms with Crippen LogP contribution in [0.2, 0.25) is 0 Å². The average molecular weight is 253 g/mol. The summed E-state index contributed by atoms with van der Waals surface area (Å²) >= 11 is 0. The number of carbonyl (C=O) groups excluding carboxylic acids is 1. The lowest BCUT2D eigenvalue weighted by Gasteiger charge is -2.25. The van der Waals surface area contributed by atoms with E-state index < -0.39 is 0 Å². The molecule has 1 radical (unpaired) electrons. The maximum Gasteiger partial charge on any atom is 0.170 e. The summed E-state index contributed by atoms with van der Waals surface area (Å²) in [6.45, 7) is 3.83. The van der Waals surface area contributed by atoms with Gasteiger partial charge in [0.15, 0.2) is 5.78 Å². The van der Waals surface area contributed by atoms with Gasteiger partial charge in [0.1, 0.15) is 17.6 Å². The Morgan fingerprint density at radius 2 is 1.89 bits per heavy atom. The van der Waals surface area contributed by atoms with E-state index in [0.717, 1.165) is 11.1 Å². The van der Waals surface area contributed by atoms with E-state index >= 15 is 0 Å². The molecule has 0 aliphatic carbocycles. The monoisotopic (exact) mass is 253 g/mol. The first-order chi connectivity index (χ1) is 9.13. The van der Waals surface area contributed by atoms with Crippen LogP contribution in [0.15, 0.2) is 42.5 Å². The molecule has 0 saturated carbocycles. The number of ether oxygens (including phenoxy) is 1. The Labute approximate surface area is 111 Å². The Bertz CT molecular complexity index is 629. The summed E-state index contributed by atoms with van der Waals surface area (Å²) in [6.07, 6.45) is 0.0104. The number of ketones is 1. The molecule has 0 bridgehead atoms. The fourth-order valence-corrected chi connectivity index (χ4v) is 2.23. The standard InChI is InChI=1S/C16H13O3/c1-10-2-4-11(5-3-10)15-9-14(18)13-7-6-12(17)8-16(13)19-15/h2-8,15,17H,1,9H2. The van der Waals surface area contributed by atoms with E-state index in [-0.39, 0.29) is 17.6 Å². The van der Waals surface area contributed by atoms with Crippen LogP contribution in [-0.2, 0) is 0 Å². The zero-order valence-corrected chi connectivity index (χ0v) is 10.3. The van der Waals surface area contributed by atoms with Gasteiger partial charge in [-0.2, -0.15) is 0 Å². The molecule has 3 heteroatoms. The molecule has 1 aliphatic rings. The average Bonchev–Trinajstić information content (AvgIpc) is 2.38. The van der Waals surface area contributed by atoms with Crippen LogP contribution in [0, 0.1) is 6.92 Å². The number of Topliss-reactive ketones (excluding diaryl/α,β-unsaturated/α-hetero) is 1. The van der Waals surface area contributed by atoms with E-state index in [1.807, 2.05) is 24.3 Å². The third kappa shape index (κ3) is 2.19. The van der Waals surface area contributed by atoms with Crippen molar-refractivity contribution in [3.8, 4) is 11.5 Å². The van der Waals surface area contributed by atoms with E-state index in [1.165, 1.54) is 12.1 Å². The molecule has 1 aliphatic heterocycles. The van der Waals surface area contributed by atoms with Crippen molar-refractivity contribution in [1.29, 1.82) is 0 Å². The number of rotatable bonds is 1. The maximum absolute atomic E-state index is 12.1. The Kier molecular flexibility index (Phi) is 2.75. The largest absolute Gasteiger partial charge is 0.508 e. The van der Waals surface area contributed by atoms with Crippen LogP contribution in [0.5, 0.6) is 11.5 Å². The Morgan fingerprint density at radius 1 is 1.16 bits per heavy atom. The number of benzene rings is 2. The first-order valence-electron chi connectivity index (χ1n) is 6.08. The first kappa shape index (κ1) is 11.8. The normalized spacial score (nSPS) is 17.7. The van der Waals surface area contributed by atoms with Crippen LogP contribution in [0.25, 0.3) is 0 Å². The van der Waals surface area contributed by atoms with Crippen molar-refractivity contribution in [2.24, 2.45) is 0 Å². The molecular weight excluding hydrogens is 240 g/mol. The summed E-state index contributed by atoms with van der Waals surface area (Å²) in [6, 6.07) is 12.2. The predicted molar refractivity (Wildman–Crippen MR) is 71.3 cm³/mol. The van der Waals surface area contributed by atoms with E-state index in [2.05, 4.69) is 6.92 Å². The fraction of sp³-hybridized carbons (Fsp3) is 0.125. The van der Waals surface area contributed by atoms with Crippen LogP contribution >= 0.6 is 0 Å². The number of aromatic hydroxyl groups is 1. The molecule has 0 saturated heterocycles. The summed E-state index contributed by atoms with van der Waals surface area (Å²) in [5.41, 5.74) is 2.39. The fourth-order valence-electron chi connectivity index (χ4n) is 2.23. The van der Waals surface area contributed by atoms with Gasteiger partial charge in [0.25, 0.3) is 0 Å². The van der Waals surface area contributed by atoms with Crippen LogP contribution in [-0.4, -0.2) is 10.9 Å². The summed E-state index contributed by atoms with van der Waals surface area (Å²) in [5.74, 6) is 0.574. The third-order valence-electron chi connectivity index (χ3n) is 3.26. The van der Waals surface area contributed by atoms with E-state index in [4.69, 9.17) is 4.74 Å². The Balaban J connectivity index is 1.96. The molecule has 1 N–H and O–H groups in total. The van der Waals surface area contributed by atoms with E-state index in [0.29, 0.717) is 17.7 Å². The Hall–Kier alpha value is -2.29. The van der Waals surface area contributed by atoms with Gasteiger partial charge in [-0.3, -0.25) is 4.79 Å². The van der Waals surface area contributed by atoms with Gasteiger partial charge in [-0.15, -0.1) is 0 Å². The molecule has 1 atom stereocenters. The van der Waals surface area contributed by atoms with Crippen LogP contribution < -0.4 is 4.74 Å². The predicted octanol–water partition coefficient (Wildman–Crippen LogP) is 3.28. The highest BCUT2D eigenvalue weighted by atomic mass is 16.5. The number of phenolic OH excluding ortho intramolecular Hbond substituents is 1. The SMILES string of the molecule is [CH2]c1ccc(C2CC(=O)c3ccc(O)cc3O2)cc1. The number of fused-ring (bicyclic) bond motifs is 1. The first-order valence-corrected chi connectivity index (χ1v) is 6.08. The van der Waals surface area contributed by atoms with Crippen LogP contribution in [0.4, 0.5) is 0 Å². The van der Waals surface area contributed by atoms with Crippen molar-refractivity contribution in [2.75, 3.05) is 0 Å². The van der Waals surface area contributed by atoms with Crippen molar-refractivity contribution in [2.45, 2.75) is 12.5 Å². The van der Waals surface area contributed by atoms with Crippen molar-refractivity contribution in [3.63, 3.8) is 0 Å². The summed E-state index contributed by atoms with van der Waals surface area (Å²) in [5, 5.41) is 9.47. The maximum atomic E-state index is 12.1. The zero-order chi connectivity index (χ0) is 13.4. The molecular formula is C16H13O3. The highest BCUT2D eigenvalue weighted by Gasteiger charge is 2.27. The second-order valence-electron chi connectivity index (χ2n) is 4.66. The number of hydrogen-bond acceptors (Lipinski definition) is 3. The molecule has 2 aromatic rings. The number of phenols is 1. The van der Waals surface area contributed by atoms with Gasteiger partial charge in [-0.1, -0.05) is 24.3 Å². The van der Waals surface area contributed by atoms with Crippen molar-refractivity contribution < 1.29 is 14.6 Å². The molecule has 0 fully saturated rings. The van der Waals surface area contributed by atoms with Crippen molar-refractivity contribution in [3.05, 3.63) is 66.1 Å². The quantitative estimate of drug-likeness (QED) is 0.848. The second-order valence-corrected chi connectivity index (χ2v) is 4.66. The van der Waals surface area contributed by atoms with Gasteiger partial charge in [0.2, 0.25) is 0 Å². The minimum atomic E-state index is -0.303. The molecule has 95 valence electrons.